The van der Waals surface area contributed by atoms with E-state index in [1.807, 2.05) is 24.5 Å². The molecule has 21 heavy (non-hydrogen) atoms. The van der Waals surface area contributed by atoms with E-state index in [0.29, 0.717) is 19.5 Å². The summed E-state index contributed by atoms with van der Waals surface area (Å²) in [6, 6.07) is 5.57. The molecule has 0 aliphatic carbocycles. The molecule has 1 aromatic rings. The number of hydrogen-bond donors (Lipinski definition) is 2. The summed E-state index contributed by atoms with van der Waals surface area (Å²) in [6.07, 6.45) is 0.547. The van der Waals surface area contributed by atoms with Gasteiger partial charge in [-0.1, -0.05) is 12.1 Å². The average Bonchev–Trinajstić information content (AvgIpc) is 2.80. The first kappa shape index (κ1) is 14.1. The summed E-state index contributed by atoms with van der Waals surface area (Å²) in [7, 11) is 0. The lowest BCUT2D eigenvalue weighted by Gasteiger charge is -2.35. The molecule has 1 aromatic carbocycles. The van der Waals surface area contributed by atoms with Gasteiger partial charge in [0.05, 0.1) is 11.7 Å². The molecule has 0 aromatic heterocycles. The molecule has 2 unspecified atom stereocenters. The maximum atomic E-state index is 11.7. The SMILES string of the molecule is CSc1cccc2c1N(C(=O)O)C1CCN(C(=O)O)CC21. The Morgan fingerprint density at radius 1 is 1.29 bits per heavy atom. The quantitative estimate of drug-likeness (QED) is 0.780. The van der Waals surface area contributed by atoms with Crippen LogP contribution in [0.3, 0.4) is 0 Å². The zero-order chi connectivity index (χ0) is 15.1. The first-order chi connectivity index (χ1) is 10.0. The number of hydrogen-bond acceptors (Lipinski definition) is 3. The minimum atomic E-state index is -0.964. The van der Waals surface area contributed by atoms with Gasteiger partial charge in [0, 0.05) is 23.9 Å². The molecule has 2 heterocycles. The largest absolute Gasteiger partial charge is 0.465 e. The van der Waals surface area contributed by atoms with Crippen LogP contribution in [0.4, 0.5) is 15.3 Å². The van der Waals surface area contributed by atoms with Gasteiger partial charge in [0.1, 0.15) is 0 Å². The number of rotatable bonds is 1. The smallest absolute Gasteiger partial charge is 0.412 e. The number of carbonyl (C=O) groups is 2. The Kier molecular flexibility index (Phi) is 3.44. The fraction of sp³-hybridized carbons (Fsp3) is 0.429. The summed E-state index contributed by atoms with van der Waals surface area (Å²) in [4.78, 5) is 26.6. The van der Waals surface area contributed by atoms with Crippen LogP contribution < -0.4 is 4.90 Å². The first-order valence-electron chi connectivity index (χ1n) is 6.71. The molecule has 7 heteroatoms. The number of carboxylic acid groups (broad SMARTS) is 2. The van der Waals surface area contributed by atoms with E-state index in [4.69, 9.17) is 0 Å². The minimum absolute atomic E-state index is 0.0759. The van der Waals surface area contributed by atoms with Crippen LogP contribution in [0.15, 0.2) is 23.1 Å². The van der Waals surface area contributed by atoms with Crippen LogP contribution in [-0.4, -0.2) is 52.7 Å². The summed E-state index contributed by atoms with van der Waals surface area (Å²) in [5.74, 6) is -0.0759. The monoisotopic (exact) mass is 308 g/mol. The standard InChI is InChI=1S/C14H16N2O4S/c1-21-11-4-2-3-8-9-7-15(13(17)18)6-5-10(9)16(12(8)11)14(19)20/h2-4,9-10H,5-7H2,1H3,(H,17,18)(H,19,20). The molecule has 6 nitrogen and oxygen atoms in total. The molecule has 2 aliphatic heterocycles. The van der Waals surface area contributed by atoms with Crippen LogP contribution >= 0.6 is 11.8 Å². The van der Waals surface area contributed by atoms with Crippen LogP contribution in [0.1, 0.15) is 17.9 Å². The summed E-state index contributed by atoms with van der Waals surface area (Å²) >= 11 is 1.51. The third-order valence-corrected chi connectivity index (χ3v) is 5.04. The van der Waals surface area contributed by atoms with E-state index in [2.05, 4.69) is 0 Å². The number of para-hydroxylation sites is 1. The van der Waals surface area contributed by atoms with E-state index in [-0.39, 0.29) is 12.0 Å². The van der Waals surface area contributed by atoms with Crippen molar-refractivity contribution in [3.8, 4) is 0 Å². The molecule has 1 saturated heterocycles. The fourth-order valence-electron chi connectivity index (χ4n) is 3.39. The number of benzene rings is 1. The number of fused-ring (bicyclic) bond motifs is 3. The van der Waals surface area contributed by atoms with Gasteiger partial charge in [-0.25, -0.2) is 9.59 Å². The Hall–Kier alpha value is -1.89. The third kappa shape index (κ3) is 2.12. The van der Waals surface area contributed by atoms with Gasteiger partial charge in [-0.15, -0.1) is 11.8 Å². The normalized spacial score (nSPS) is 23.7. The zero-order valence-corrected chi connectivity index (χ0v) is 12.3. The van der Waals surface area contributed by atoms with E-state index < -0.39 is 12.2 Å². The molecule has 2 aliphatic rings. The van der Waals surface area contributed by atoms with Crippen molar-refractivity contribution < 1.29 is 19.8 Å². The Balaban J connectivity index is 2.07. The molecule has 2 amide bonds. The van der Waals surface area contributed by atoms with Crippen molar-refractivity contribution in [2.75, 3.05) is 24.2 Å². The third-order valence-electron chi connectivity index (χ3n) is 4.28. The predicted molar refractivity (Wildman–Crippen MR) is 79.5 cm³/mol. The molecule has 0 radical (unpaired) electrons. The fourth-order valence-corrected chi connectivity index (χ4v) is 4.02. The predicted octanol–water partition coefficient (Wildman–Crippen LogP) is 2.74. The second-order valence-corrected chi connectivity index (χ2v) is 6.09. The van der Waals surface area contributed by atoms with Gasteiger partial charge in [-0.05, 0) is 24.3 Å². The molecule has 2 atom stereocenters. The van der Waals surface area contributed by atoms with Crippen molar-refractivity contribution >= 4 is 29.6 Å². The first-order valence-corrected chi connectivity index (χ1v) is 7.94. The molecule has 0 bridgehead atoms. The van der Waals surface area contributed by atoms with Crippen molar-refractivity contribution in [3.05, 3.63) is 23.8 Å². The molecule has 3 rings (SSSR count). The molecule has 112 valence electrons. The highest BCUT2D eigenvalue weighted by Crippen LogP contribution is 2.48. The summed E-state index contributed by atoms with van der Waals surface area (Å²) < 4.78 is 0. The Bertz CT molecular complexity index is 607. The van der Waals surface area contributed by atoms with Crippen LogP contribution in [0.25, 0.3) is 0 Å². The van der Waals surface area contributed by atoms with E-state index in [9.17, 15) is 19.8 Å². The number of anilines is 1. The van der Waals surface area contributed by atoms with Gasteiger partial charge in [0.2, 0.25) is 0 Å². The Morgan fingerprint density at radius 3 is 2.67 bits per heavy atom. The lowest BCUT2D eigenvalue weighted by Crippen LogP contribution is -2.49. The number of thioether (sulfide) groups is 1. The highest BCUT2D eigenvalue weighted by molar-refractivity contribution is 7.98. The van der Waals surface area contributed by atoms with Crippen molar-refractivity contribution in [2.24, 2.45) is 0 Å². The highest BCUT2D eigenvalue weighted by Gasteiger charge is 2.46. The van der Waals surface area contributed by atoms with Crippen molar-refractivity contribution in [1.29, 1.82) is 0 Å². The number of likely N-dealkylation sites (tertiary alicyclic amines) is 1. The van der Waals surface area contributed by atoms with Gasteiger partial charge >= 0.3 is 12.2 Å². The van der Waals surface area contributed by atoms with Crippen LogP contribution in [-0.2, 0) is 0 Å². The van der Waals surface area contributed by atoms with E-state index in [0.717, 1.165) is 16.1 Å². The van der Waals surface area contributed by atoms with E-state index in [1.165, 1.54) is 21.6 Å². The molecular formula is C14H16N2O4S. The van der Waals surface area contributed by atoms with Crippen LogP contribution in [0, 0.1) is 0 Å². The Morgan fingerprint density at radius 2 is 2.05 bits per heavy atom. The van der Waals surface area contributed by atoms with E-state index >= 15 is 0 Å². The number of piperidine rings is 1. The van der Waals surface area contributed by atoms with Gasteiger partial charge in [-0.2, -0.15) is 0 Å². The second-order valence-electron chi connectivity index (χ2n) is 5.24. The maximum absolute atomic E-state index is 11.7. The van der Waals surface area contributed by atoms with Gasteiger partial charge in [0.15, 0.2) is 0 Å². The topological polar surface area (TPSA) is 81.1 Å². The maximum Gasteiger partial charge on any atom is 0.412 e. The second kappa shape index (κ2) is 5.14. The average molecular weight is 308 g/mol. The van der Waals surface area contributed by atoms with Crippen molar-refractivity contribution in [2.45, 2.75) is 23.3 Å². The van der Waals surface area contributed by atoms with Gasteiger partial charge in [0.25, 0.3) is 0 Å². The summed E-state index contributed by atoms with van der Waals surface area (Å²) in [5.41, 5.74) is 1.68. The molecular weight excluding hydrogens is 292 g/mol. The van der Waals surface area contributed by atoms with E-state index in [1.54, 1.807) is 0 Å². The van der Waals surface area contributed by atoms with Gasteiger partial charge < -0.3 is 15.1 Å². The Labute approximate surface area is 126 Å². The highest BCUT2D eigenvalue weighted by atomic mass is 32.2. The van der Waals surface area contributed by atoms with Gasteiger partial charge in [-0.3, -0.25) is 4.90 Å². The lowest BCUT2D eigenvalue weighted by molar-refractivity contribution is 0.126. The molecule has 1 fully saturated rings. The molecule has 0 spiro atoms. The van der Waals surface area contributed by atoms with Crippen LogP contribution in [0.5, 0.6) is 0 Å². The molecule has 0 saturated carbocycles. The minimum Gasteiger partial charge on any atom is -0.465 e. The summed E-state index contributed by atoms with van der Waals surface area (Å²) in [6.45, 7) is 0.734. The zero-order valence-electron chi connectivity index (χ0n) is 11.5. The number of amides is 2. The van der Waals surface area contributed by atoms with Crippen LogP contribution in [0.2, 0.25) is 0 Å². The van der Waals surface area contributed by atoms with Crippen molar-refractivity contribution in [1.82, 2.24) is 4.90 Å². The lowest BCUT2D eigenvalue weighted by atomic mass is 9.89. The van der Waals surface area contributed by atoms with Crippen molar-refractivity contribution in [3.63, 3.8) is 0 Å². The number of nitrogens with zero attached hydrogens (tertiary/aromatic N) is 2. The molecule has 2 N–H and O–H groups in total. The summed E-state index contributed by atoms with van der Waals surface area (Å²) in [5, 5.41) is 18.8.